The first-order valence-electron chi connectivity index (χ1n) is 6.73. The number of amides is 1. The molecule has 1 amide bonds. The molecule has 1 aliphatic rings. The molecule has 1 fully saturated rings. The molecular formula is C13H22N4O. The Kier molecular flexibility index (Phi) is 4.36. The standard InChI is InChI=1S/C13H22N4O/c1-3-8-17(10-11-5-4-7-14-11)13(18)12-6-9-16(2)15-12/h6,9,11,14H,3-5,7-8,10H2,1-2H3. The van der Waals surface area contributed by atoms with E-state index in [-0.39, 0.29) is 5.91 Å². The van der Waals surface area contributed by atoms with Gasteiger partial charge in [-0.05, 0) is 31.9 Å². The predicted octanol–water partition coefficient (Wildman–Crippen LogP) is 1.02. The molecule has 1 saturated heterocycles. The molecule has 1 unspecified atom stereocenters. The quantitative estimate of drug-likeness (QED) is 0.849. The van der Waals surface area contributed by atoms with Crippen molar-refractivity contribution in [3.05, 3.63) is 18.0 Å². The smallest absolute Gasteiger partial charge is 0.274 e. The van der Waals surface area contributed by atoms with E-state index in [4.69, 9.17) is 0 Å². The molecular weight excluding hydrogens is 228 g/mol. The Bertz CT molecular complexity index is 395. The minimum atomic E-state index is 0.0474. The summed E-state index contributed by atoms with van der Waals surface area (Å²) in [6, 6.07) is 2.23. The number of nitrogens with zero attached hydrogens (tertiary/aromatic N) is 3. The van der Waals surface area contributed by atoms with Crippen molar-refractivity contribution < 1.29 is 4.79 Å². The summed E-state index contributed by atoms with van der Waals surface area (Å²) >= 11 is 0. The molecule has 1 N–H and O–H groups in total. The lowest BCUT2D eigenvalue weighted by atomic mass is 10.2. The van der Waals surface area contributed by atoms with Crippen LogP contribution in [0.3, 0.4) is 0 Å². The summed E-state index contributed by atoms with van der Waals surface area (Å²) in [5.74, 6) is 0.0474. The first-order valence-corrected chi connectivity index (χ1v) is 6.73. The van der Waals surface area contributed by atoms with E-state index in [0.717, 1.165) is 32.5 Å². The van der Waals surface area contributed by atoms with E-state index in [2.05, 4.69) is 17.3 Å². The van der Waals surface area contributed by atoms with E-state index < -0.39 is 0 Å². The number of rotatable bonds is 5. The van der Waals surface area contributed by atoms with Gasteiger partial charge in [0.15, 0.2) is 0 Å². The summed E-state index contributed by atoms with van der Waals surface area (Å²) in [6.45, 7) is 4.76. The number of nitrogens with one attached hydrogen (secondary N) is 1. The lowest BCUT2D eigenvalue weighted by molar-refractivity contribution is 0.0735. The van der Waals surface area contributed by atoms with Crippen LogP contribution in [-0.2, 0) is 7.05 Å². The Morgan fingerprint density at radius 1 is 1.67 bits per heavy atom. The third kappa shape index (κ3) is 3.10. The van der Waals surface area contributed by atoms with Crippen LogP contribution in [0.15, 0.2) is 12.3 Å². The van der Waals surface area contributed by atoms with Gasteiger partial charge >= 0.3 is 0 Å². The van der Waals surface area contributed by atoms with E-state index in [1.807, 2.05) is 18.1 Å². The van der Waals surface area contributed by atoms with Crippen molar-refractivity contribution in [2.24, 2.45) is 7.05 Å². The normalized spacial score (nSPS) is 19.1. The van der Waals surface area contributed by atoms with Crippen LogP contribution in [0, 0.1) is 0 Å². The van der Waals surface area contributed by atoms with Crippen molar-refractivity contribution >= 4 is 5.91 Å². The number of aryl methyl sites for hydroxylation is 1. The van der Waals surface area contributed by atoms with Crippen molar-refractivity contribution in [2.45, 2.75) is 32.2 Å². The predicted molar refractivity (Wildman–Crippen MR) is 70.4 cm³/mol. The van der Waals surface area contributed by atoms with Crippen LogP contribution < -0.4 is 5.32 Å². The van der Waals surface area contributed by atoms with Gasteiger partial charge in [0.2, 0.25) is 0 Å². The number of hydrogen-bond donors (Lipinski definition) is 1. The minimum absolute atomic E-state index is 0.0474. The van der Waals surface area contributed by atoms with E-state index >= 15 is 0 Å². The van der Waals surface area contributed by atoms with Gasteiger partial charge in [0, 0.05) is 32.4 Å². The Labute approximate surface area is 108 Å². The molecule has 100 valence electrons. The van der Waals surface area contributed by atoms with E-state index in [1.165, 1.54) is 6.42 Å². The molecule has 1 aromatic rings. The number of carbonyl (C=O) groups excluding carboxylic acids is 1. The molecule has 1 aromatic heterocycles. The molecule has 0 saturated carbocycles. The SMILES string of the molecule is CCCN(CC1CCCN1)C(=O)c1ccn(C)n1. The Hall–Kier alpha value is -1.36. The second kappa shape index (κ2) is 6.00. The van der Waals surface area contributed by atoms with Crippen molar-refractivity contribution in [3.63, 3.8) is 0 Å². The maximum absolute atomic E-state index is 12.4. The maximum Gasteiger partial charge on any atom is 0.274 e. The van der Waals surface area contributed by atoms with Crippen LogP contribution in [0.1, 0.15) is 36.7 Å². The van der Waals surface area contributed by atoms with Crippen LogP contribution in [-0.4, -0.2) is 46.3 Å². The van der Waals surface area contributed by atoms with Gasteiger partial charge in [-0.2, -0.15) is 5.10 Å². The number of aromatic nitrogens is 2. The Balaban J connectivity index is 2.01. The lowest BCUT2D eigenvalue weighted by Crippen LogP contribution is -2.41. The number of carbonyl (C=O) groups is 1. The van der Waals surface area contributed by atoms with E-state index in [1.54, 1.807) is 10.7 Å². The third-order valence-corrected chi connectivity index (χ3v) is 3.32. The summed E-state index contributed by atoms with van der Waals surface area (Å²) < 4.78 is 1.67. The molecule has 0 spiro atoms. The summed E-state index contributed by atoms with van der Waals surface area (Å²) in [5.41, 5.74) is 0.545. The van der Waals surface area contributed by atoms with Crippen LogP contribution in [0.2, 0.25) is 0 Å². The fraction of sp³-hybridized carbons (Fsp3) is 0.692. The highest BCUT2D eigenvalue weighted by atomic mass is 16.2. The van der Waals surface area contributed by atoms with Crippen molar-refractivity contribution in [1.29, 1.82) is 0 Å². The molecule has 2 heterocycles. The average Bonchev–Trinajstić information content (AvgIpc) is 2.99. The highest BCUT2D eigenvalue weighted by molar-refractivity contribution is 5.92. The van der Waals surface area contributed by atoms with E-state index in [0.29, 0.717) is 11.7 Å². The Morgan fingerprint density at radius 2 is 2.50 bits per heavy atom. The molecule has 5 nitrogen and oxygen atoms in total. The average molecular weight is 250 g/mol. The zero-order chi connectivity index (χ0) is 13.0. The summed E-state index contributed by atoms with van der Waals surface area (Å²) in [7, 11) is 1.83. The highest BCUT2D eigenvalue weighted by Crippen LogP contribution is 2.10. The third-order valence-electron chi connectivity index (χ3n) is 3.32. The largest absolute Gasteiger partial charge is 0.336 e. The van der Waals surface area contributed by atoms with Gasteiger partial charge in [-0.1, -0.05) is 6.92 Å². The van der Waals surface area contributed by atoms with Gasteiger partial charge in [0.05, 0.1) is 0 Å². The molecule has 5 heteroatoms. The van der Waals surface area contributed by atoms with Gasteiger partial charge in [-0.25, -0.2) is 0 Å². The zero-order valence-corrected chi connectivity index (χ0v) is 11.2. The maximum atomic E-state index is 12.4. The van der Waals surface area contributed by atoms with Crippen LogP contribution in [0.5, 0.6) is 0 Å². The van der Waals surface area contributed by atoms with Gasteiger partial charge in [0.25, 0.3) is 5.91 Å². The molecule has 18 heavy (non-hydrogen) atoms. The molecule has 0 radical (unpaired) electrons. The zero-order valence-electron chi connectivity index (χ0n) is 11.2. The molecule has 0 bridgehead atoms. The topological polar surface area (TPSA) is 50.2 Å². The summed E-state index contributed by atoms with van der Waals surface area (Å²) in [6.07, 6.45) is 5.16. The molecule has 1 aliphatic heterocycles. The summed E-state index contributed by atoms with van der Waals surface area (Å²) in [5, 5.41) is 7.63. The summed E-state index contributed by atoms with van der Waals surface area (Å²) in [4.78, 5) is 14.3. The van der Waals surface area contributed by atoms with Gasteiger partial charge in [-0.15, -0.1) is 0 Å². The van der Waals surface area contributed by atoms with Crippen LogP contribution in [0.4, 0.5) is 0 Å². The van der Waals surface area contributed by atoms with Crippen molar-refractivity contribution in [3.8, 4) is 0 Å². The first-order chi connectivity index (χ1) is 8.70. The molecule has 2 rings (SSSR count). The van der Waals surface area contributed by atoms with Crippen LogP contribution >= 0.6 is 0 Å². The number of hydrogen-bond acceptors (Lipinski definition) is 3. The second-order valence-corrected chi connectivity index (χ2v) is 4.92. The van der Waals surface area contributed by atoms with Gasteiger partial charge in [-0.3, -0.25) is 9.48 Å². The minimum Gasteiger partial charge on any atom is -0.336 e. The van der Waals surface area contributed by atoms with Gasteiger partial charge in [0.1, 0.15) is 5.69 Å². The van der Waals surface area contributed by atoms with E-state index in [9.17, 15) is 4.79 Å². The van der Waals surface area contributed by atoms with Crippen molar-refractivity contribution in [2.75, 3.05) is 19.6 Å². The fourth-order valence-corrected chi connectivity index (χ4v) is 2.42. The lowest BCUT2D eigenvalue weighted by Gasteiger charge is -2.24. The second-order valence-electron chi connectivity index (χ2n) is 4.92. The molecule has 1 atom stereocenters. The monoisotopic (exact) mass is 250 g/mol. The first kappa shape index (κ1) is 13.1. The Morgan fingerprint density at radius 3 is 3.06 bits per heavy atom. The highest BCUT2D eigenvalue weighted by Gasteiger charge is 2.22. The van der Waals surface area contributed by atoms with Crippen LogP contribution in [0.25, 0.3) is 0 Å². The molecule has 0 aromatic carbocycles. The van der Waals surface area contributed by atoms with Gasteiger partial charge < -0.3 is 10.2 Å². The molecule has 0 aliphatic carbocycles. The fourth-order valence-electron chi connectivity index (χ4n) is 2.42. The van der Waals surface area contributed by atoms with Crippen molar-refractivity contribution in [1.82, 2.24) is 20.0 Å².